The summed E-state index contributed by atoms with van der Waals surface area (Å²) in [5, 5.41) is 3.80. The molecule has 0 spiro atoms. The topological polar surface area (TPSA) is 55.1 Å². The first-order valence-corrected chi connectivity index (χ1v) is 6.36. The minimum Gasteiger partial charge on any atom is -0.459 e. The van der Waals surface area contributed by atoms with Crippen molar-refractivity contribution in [2.75, 3.05) is 5.32 Å². The van der Waals surface area contributed by atoms with Gasteiger partial charge in [-0.1, -0.05) is 11.6 Å². The molecule has 3 rings (SSSR count). The number of rotatable bonds is 2. The summed E-state index contributed by atoms with van der Waals surface area (Å²) in [5.41, 5.74) is 3.86. The normalized spacial score (nSPS) is 10.7. The number of pyridine rings is 1. The number of nitrogens with zero attached hydrogens (tertiary/aromatic N) is 1. The fourth-order valence-electron chi connectivity index (χ4n) is 2.31. The predicted octanol–water partition coefficient (Wildman–Crippen LogP) is 3.70. The molecule has 1 amide bonds. The highest BCUT2D eigenvalue weighted by Crippen LogP contribution is 2.26. The van der Waals surface area contributed by atoms with Crippen molar-refractivity contribution in [3.8, 4) is 0 Å². The molecule has 0 unspecified atom stereocenters. The van der Waals surface area contributed by atoms with Gasteiger partial charge in [0, 0.05) is 11.6 Å². The third-order valence-corrected chi connectivity index (χ3v) is 3.17. The van der Waals surface area contributed by atoms with Crippen LogP contribution in [0.5, 0.6) is 0 Å². The van der Waals surface area contributed by atoms with Gasteiger partial charge in [-0.05, 0) is 43.7 Å². The first-order chi connectivity index (χ1) is 9.65. The fraction of sp³-hybridized carbons (Fsp3) is 0.125. The first-order valence-electron chi connectivity index (χ1n) is 6.36. The molecule has 1 aromatic carbocycles. The van der Waals surface area contributed by atoms with E-state index >= 15 is 0 Å². The quantitative estimate of drug-likeness (QED) is 0.769. The zero-order valence-corrected chi connectivity index (χ0v) is 11.3. The van der Waals surface area contributed by atoms with Crippen LogP contribution in [0.2, 0.25) is 0 Å². The van der Waals surface area contributed by atoms with Crippen LogP contribution in [-0.4, -0.2) is 10.9 Å². The van der Waals surface area contributed by atoms with Gasteiger partial charge in [0.05, 0.1) is 17.5 Å². The molecule has 0 aliphatic carbocycles. The van der Waals surface area contributed by atoms with E-state index in [0.29, 0.717) is 5.76 Å². The van der Waals surface area contributed by atoms with Crippen molar-refractivity contribution >= 4 is 22.5 Å². The van der Waals surface area contributed by atoms with Crippen LogP contribution >= 0.6 is 0 Å². The van der Waals surface area contributed by atoms with E-state index in [0.717, 1.165) is 27.7 Å². The molecule has 3 aromatic rings. The molecule has 1 N–H and O–H groups in total. The second-order valence-electron chi connectivity index (χ2n) is 4.77. The molecule has 2 aromatic heterocycles. The molecule has 0 bridgehead atoms. The van der Waals surface area contributed by atoms with Gasteiger partial charge in [0.1, 0.15) is 0 Å². The number of hydrogen-bond donors (Lipinski definition) is 1. The minimum atomic E-state index is -0.262. The van der Waals surface area contributed by atoms with Crippen molar-refractivity contribution in [2.24, 2.45) is 0 Å². The van der Waals surface area contributed by atoms with Crippen molar-refractivity contribution in [2.45, 2.75) is 13.8 Å². The summed E-state index contributed by atoms with van der Waals surface area (Å²) in [6, 6.07) is 9.21. The third-order valence-electron chi connectivity index (χ3n) is 3.17. The number of aromatic nitrogens is 1. The molecule has 0 saturated heterocycles. The third kappa shape index (κ3) is 2.16. The SMILES string of the molecule is Cc1cc(C)c2nccc(NC(=O)c3ccco3)c2c1. The maximum atomic E-state index is 12.1. The van der Waals surface area contributed by atoms with Crippen molar-refractivity contribution < 1.29 is 9.21 Å². The van der Waals surface area contributed by atoms with Gasteiger partial charge >= 0.3 is 0 Å². The van der Waals surface area contributed by atoms with Crippen molar-refractivity contribution in [3.63, 3.8) is 0 Å². The summed E-state index contributed by atoms with van der Waals surface area (Å²) in [5.74, 6) is 0.0287. The molecule has 0 saturated carbocycles. The van der Waals surface area contributed by atoms with Crippen LogP contribution in [0.15, 0.2) is 47.2 Å². The van der Waals surface area contributed by atoms with E-state index < -0.39 is 0 Å². The average Bonchev–Trinajstić information content (AvgIpc) is 2.93. The summed E-state index contributed by atoms with van der Waals surface area (Å²) in [6.07, 6.45) is 3.18. The predicted molar refractivity (Wildman–Crippen MR) is 77.9 cm³/mol. The number of carbonyl (C=O) groups is 1. The number of furan rings is 1. The standard InChI is InChI=1S/C16H14N2O2/c1-10-8-11(2)15-12(9-10)13(5-6-17-15)18-16(19)14-4-3-7-20-14/h3-9H,1-2H3,(H,17,18,19). The van der Waals surface area contributed by atoms with E-state index in [1.807, 2.05) is 19.9 Å². The van der Waals surface area contributed by atoms with E-state index in [2.05, 4.69) is 16.4 Å². The summed E-state index contributed by atoms with van der Waals surface area (Å²) in [6.45, 7) is 4.04. The molecule has 0 aliphatic rings. The van der Waals surface area contributed by atoms with Crippen molar-refractivity contribution in [3.05, 3.63) is 59.7 Å². The van der Waals surface area contributed by atoms with Crippen LogP contribution in [0, 0.1) is 13.8 Å². The molecular weight excluding hydrogens is 252 g/mol. The van der Waals surface area contributed by atoms with E-state index in [1.54, 1.807) is 24.4 Å². The van der Waals surface area contributed by atoms with Gasteiger partial charge in [0.2, 0.25) is 0 Å². The van der Waals surface area contributed by atoms with E-state index in [1.165, 1.54) is 6.26 Å². The minimum absolute atomic E-state index is 0.262. The number of aryl methyl sites for hydroxylation is 2. The average molecular weight is 266 g/mol. The Morgan fingerprint density at radius 1 is 1.25 bits per heavy atom. The lowest BCUT2D eigenvalue weighted by Crippen LogP contribution is -2.11. The second-order valence-corrected chi connectivity index (χ2v) is 4.77. The van der Waals surface area contributed by atoms with Crippen LogP contribution in [0.1, 0.15) is 21.7 Å². The number of carbonyl (C=O) groups excluding carboxylic acids is 1. The highest BCUT2D eigenvalue weighted by Gasteiger charge is 2.11. The number of benzene rings is 1. The lowest BCUT2D eigenvalue weighted by atomic mass is 10.1. The van der Waals surface area contributed by atoms with Gasteiger partial charge in [0.15, 0.2) is 5.76 Å². The Morgan fingerprint density at radius 2 is 2.10 bits per heavy atom. The summed E-state index contributed by atoms with van der Waals surface area (Å²) >= 11 is 0. The van der Waals surface area contributed by atoms with Gasteiger partial charge in [-0.25, -0.2) is 0 Å². The van der Waals surface area contributed by atoms with Crippen LogP contribution in [0.4, 0.5) is 5.69 Å². The van der Waals surface area contributed by atoms with Crippen LogP contribution < -0.4 is 5.32 Å². The number of anilines is 1. The maximum Gasteiger partial charge on any atom is 0.291 e. The molecule has 4 heteroatoms. The lowest BCUT2D eigenvalue weighted by molar-refractivity contribution is 0.0997. The zero-order valence-electron chi connectivity index (χ0n) is 11.3. The van der Waals surface area contributed by atoms with Crippen molar-refractivity contribution in [1.82, 2.24) is 4.98 Å². The van der Waals surface area contributed by atoms with Gasteiger partial charge in [-0.2, -0.15) is 0 Å². The molecule has 0 atom stereocenters. The Labute approximate surface area is 116 Å². The molecule has 2 heterocycles. The van der Waals surface area contributed by atoms with E-state index in [9.17, 15) is 4.79 Å². The number of hydrogen-bond acceptors (Lipinski definition) is 3. The van der Waals surface area contributed by atoms with Crippen LogP contribution in [0.25, 0.3) is 10.9 Å². The Morgan fingerprint density at radius 3 is 2.85 bits per heavy atom. The van der Waals surface area contributed by atoms with E-state index in [-0.39, 0.29) is 5.91 Å². The first kappa shape index (κ1) is 12.4. The molecule has 0 aliphatic heterocycles. The summed E-state index contributed by atoms with van der Waals surface area (Å²) in [4.78, 5) is 16.4. The molecule has 100 valence electrons. The number of nitrogens with one attached hydrogen (secondary N) is 1. The summed E-state index contributed by atoms with van der Waals surface area (Å²) in [7, 11) is 0. The maximum absolute atomic E-state index is 12.1. The number of fused-ring (bicyclic) bond motifs is 1. The highest BCUT2D eigenvalue weighted by atomic mass is 16.3. The van der Waals surface area contributed by atoms with Gasteiger partial charge in [-0.15, -0.1) is 0 Å². The monoisotopic (exact) mass is 266 g/mol. The highest BCUT2D eigenvalue weighted by molar-refractivity contribution is 6.07. The smallest absolute Gasteiger partial charge is 0.291 e. The Hall–Kier alpha value is -2.62. The second kappa shape index (κ2) is 4.81. The van der Waals surface area contributed by atoms with Crippen molar-refractivity contribution in [1.29, 1.82) is 0 Å². The van der Waals surface area contributed by atoms with E-state index in [4.69, 9.17) is 4.42 Å². The van der Waals surface area contributed by atoms with Gasteiger partial charge in [-0.3, -0.25) is 9.78 Å². The van der Waals surface area contributed by atoms with Crippen LogP contribution in [0.3, 0.4) is 0 Å². The molecule has 20 heavy (non-hydrogen) atoms. The molecular formula is C16H14N2O2. The Balaban J connectivity index is 2.06. The zero-order chi connectivity index (χ0) is 14.1. The van der Waals surface area contributed by atoms with Gasteiger partial charge < -0.3 is 9.73 Å². The Kier molecular flexibility index (Phi) is 2.99. The summed E-state index contributed by atoms with van der Waals surface area (Å²) < 4.78 is 5.10. The molecule has 4 nitrogen and oxygen atoms in total. The number of amides is 1. The Bertz CT molecular complexity index is 777. The largest absolute Gasteiger partial charge is 0.459 e. The molecule has 0 fully saturated rings. The lowest BCUT2D eigenvalue weighted by Gasteiger charge is -2.09. The van der Waals surface area contributed by atoms with Crippen LogP contribution in [-0.2, 0) is 0 Å². The fourth-order valence-corrected chi connectivity index (χ4v) is 2.31. The van der Waals surface area contributed by atoms with Gasteiger partial charge in [0.25, 0.3) is 5.91 Å². The molecule has 0 radical (unpaired) electrons.